The molecule has 1 saturated heterocycles. The minimum absolute atomic E-state index is 0.0934. The first-order valence-electron chi connectivity index (χ1n) is 7.59. The summed E-state index contributed by atoms with van der Waals surface area (Å²) in [4.78, 5) is 15.9. The van der Waals surface area contributed by atoms with Gasteiger partial charge in [-0.1, -0.05) is 31.0 Å². The molecule has 21 heavy (non-hydrogen) atoms. The molecular formula is C15H21NO3S2. The number of rotatable bonds is 3. The molecule has 1 aliphatic heterocycles. The van der Waals surface area contributed by atoms with E-state index in [-0.39, 0.29) is 5.60 Å². The maximum atomic E-state index is 11.1. The highest BCUT2D eigenvalue weighted by molar-refractivity contribution is 8.01. The molecule has 0 radical (unpaired) electrons. The van der Waals surface area contributed by atoms with Crippen molar-refractivity contribution in [3.8, 4) is 0 Å². The number of aromatic carboxylic acids is 1. The van der Waals surface area contributed by atoms with Gasteiger partial charge in [-0.25, -0.2) is 9.78 Å². The van der Waals surface area contributed by atoms with Gasteiger partial charge in [-0.15, -0.1) is 11.3 Å². The van der Waals surface area contributed by atoms with Crippen LogP contribution in [0.15, 0.2) is 4.34 Å². The molecule has 3 rings (SSSR count). The fourth-order valence-electron chi connectivity index (χ4n) is 3.39. The average Bonchev–Trinajstić information content (AvgIpc) is 2.80. The molecule has 0 amide bonds. The second-order valence-corrected chi connectivity index (χ2v) is 8.57. The lowest BCUT2D eigenvalue weighted by Crippen LogP contribution is -2.42. The van der Waals surface area contributed by atoms with E-state index in [0.717, 1.165) is 23.8 Å². The van der Waals surface area contributed by atoms with E-state index in [9.17, 15) is 4.79 Å². The third kappa shape index (κ3) is 3.43. The summed E-state index contributed by atoms with van der Waals surface area (Å²) >= 11 is 3.06. The molecule has 1 aliphatic carbocycles. The van der Waals surface area contributed by atoms with E-state index >= 15 is 0 Å². The summed E-state index contributed by atoms with van der Waals surface area (Å²) in [6.07, 6.45) is 8.36. The Kier molecular flexibility index (Phi) is 4.57. The molecule has 1 spiro atoms. The number of aryl methyl sites for hydroxylation is 1. The Morgan fingerprint density at radius 2 is 2.19 bits per heavy atom. The highest BCUT2D eigenvalue weighted by Gasteiger charge is 2.39. The standard InChI is InChI=1S/C15H21NO3S2/c1-10-12(13(17)18)21-14(16-10)20-11-5-8-19-15(9-11)6-3-2-4-7-15/h11H,2-9H2,1H3,(H,17,18). The smallest absolute Gasteiger partial charge is 0.347 e. The van der Waals surface area contributed by atoms with Crippen molar-refractivity contribution in [3.63, 3.8) is 0 Å². The SMILES string of the molecule is Cc1nc(SC2CCOC3(CCCCC3)C2)sc1C(=O)O. The monoisotopic (exact) mass is 327 g/mol. The van der Waals surface area contributed by atoms with Gasteiger partial charge in [0, 0.05) is 11.9 Å². The predicted octanol–water partition coefficient (Wildman–Crippen LogP) is 4.12. The number of aromatic nitrogens is 1. The second kappa shape index (κ2) is 6.26. The van der Waals surface area contributed by atoms with E-state index in [1.165, 1.54) is 43.4 Å². The molecule has 1 saturated carbocycles. The van der Waals surface area contributed by atoms with Gasteiger partial charge < -0.3 is 9.84 Å². The minimum Gasteiger partial charge on any atom is -0.477 e. The van der Waals surface area contributed by atoms with Crippen LogP contribution in [0.4, 0.5) is 0 Å². The van der Waals surface area contributed by atoms with E-state index in [2.05, 4.69) is 4.98 Å². The van der Waals surface area contributed by atoms with Crippen LogP contribution in [0.5, 0.6) is 0 Å². The van der Waals surface area contributed by atoms with Gasteiger partial charge in [0.05, 0.1) is 11.3 Å². The zero-order valence-corrected chi connectivity index (χ0v) is 13.9. The number of carbonyl (C=O) groups is 1. The molecule has 1 unspecified atom stereocenters. The number of thiazole rings is 1. The van der Waals surface area contributed by atoms with Crippen molar-refractivity contribution in [2.75, 3.05) is 6.61 Å². The molecule has 1 aromatic rings. The highest BCUT2D eigenvalue weighted by atomic mass is 32.2. The molecule has 2 heterocycles. The zero-order valence-electron chi connectivity index (χ0n) is 12.3. The van der Waals surface area contributed by atoms with Crippen LogP contribution in [0.3, 0.4) is 0 Å². The summed E-state index contributed by atoms with van der Waals surface area (Å²) < 4.78 is 7.01. The van der Waals surface area contributed by atoms with Crippen molar-refractivity contribution in [1.82, 2.24) is 4.98 Å². The highest BCUT2D eigenvalue weighted by Crippen LogP contribution is 2.44. The van der Waals surface area contributed by atoms with Gasteiger partial charge in [0.1, 0.15) is 4.88 Å². The lowest BCUT2D eigenvalue weighted by Gasteiger charge is -2.43. The number of ether oxygens (including phenoxy) is 1. The molecular weight excluding hydrogens is 306 g/mol. The van der Waals surface area contributed by atoms with Crippen molar-refractivity contribution in [1.29, 1.82) is 0 Å². The average molecular weight is 327 g/mol. The van der Waals surface area contributed by atoms with Crippen molar-refractivity contribution in [2.45, 2.75) is 67.1 Å². The van der Waals surface area contributed by atoms with E-state index in [1.54, 1.807) is 18.7 Å². The van der Waals surface area contributed by atoms with Crippen LogP contribution in [0.1, 0.15) is 60.3 Å². The molecule has 116 valence electrons. The van der Waals surface area contributed by atoms with Gasteiger partial charge in [-0.2, -0.15) is 0 Å². The molecule has 1 N–H and O–H groups in total. The summed E-state index contributed by atoms with van der Waals surface area (Å²) in [5, 5.41) is 9.63. The quantitative estimate of drug-likeness (QED) is 0.905. The van der Waals surface area contributed by atoms with E-state index in [0.29, 0.717) is 15.8 Å². The Morgan fingerprint density at radius 1 is 1.43 bits per heavy atom. The Balaban J connectivity index is 1.67. The number of hydrogen-bond donors (Lipinski definition) is 1. The lowest BCUT2D eigenvalue weighted by atomic mass is 9.80. The number of carboxylic acids is 1. The van der Waals surface area contributed by atoms with Gasteiger partial charge in [0.25, 0.3) is 0 Å². The first-order chi connectivity index (χ1) is 10.1. The first kappa shape index (κ1) is 15.3. The number of carboxylic acid groups (broad SMARTS) is 1. The largest absolute Gasteiger partial charge is 0.477 e. The third-order valence-electron chi connectivity index (χ3n) is 4.45. The summed E-state index contributed by atoms with van der Waals surface area (Å²) in [6.45, 7) is 2.60. The normalized spacial score (nSPS) is 25.1. The van der Waals surface area contributed by atoms with E-state index in [4.69, 9.17) is 9.84 Å². The lowest BCUT2D eigenvalue weighted by molar-refractivity contribution is -0.0970. The molecule has 6 heteroatoms. The summed E-state index contributed by atoms with van der Waals surface area (Å²) in [6, 6.07) is 0. The number of nitrogens with zero attached hydrogens (tertiary/aromatic N) is 1. The van der Waals surface area contributed by atoms with Gasteiger partial charge in [-0.3, -0.25) is 0 Å². The van der Waals surface area contributed by atoms with Crippen LogP contribution in [0, 0.1) is 6.92 Å². The maximum absolute atomic E-state index is 11.1. The van der Waals surface area contributed by atoms with Crippen molar-refractivity contribution in [3.05, 3.63) is 10.6 Å². The van der Waals surface area contributed by atoms with Crippen molar-refractivity contribution in [2.24, 2.45) is 0 Å². The molecule has 0 aromatic carbocycles. The molecule has 1 atom stereocenters. The minimum atomic E-state index is -0.868. The van der Waals surface area contributed by atoms with Gasteiger partial charge in [0.2, 0.25) is 0 Å². The topological polar surface area (TPSA) is 59.4 Å². The first-order valence-corrected chi connectivity index (χ1v) is 9.29. The van der Waals surface area contributed by atoms with Crippen molar-refractivity contribution >= 4 is 29.1 Å². The third-order valence-corrected chi connectivity index (χ3v) is 6.96. The van der Waals surface area contributed by atoms with Crippen LogP contribution in [0.25, 0.3) is 0 Å². The van der Waals surface area contributed by atoms with Gasteiger partial charge in [-0.05, 0) is 32.6 Å². The molecule has 2 aliphatic rings. The fourth-order valence-corrected chi connectivity index (χ4v) is 5.96. The Labute approximate surface area is 133 Å². The molecule has 0 bridgehead atoms. The van der Waals surface area contributed by atoms with E-state index < -0.39 is 5.97 Å². The summed E-state index contributed by atoms with van der Waals surface area (Å²) in [5.41, 5.74) is 0.727. The Bertz CT molecular complexity index is 517. The van der Waals surface area contributed by atoms with E-state index in [1.807, 2.05) is 0 Å². The maximum Gasteiger partial charge on any atom is 0.347 e. The zero-order chi connectivity index (χ0) is 14.9. The molecule has 2 fully saturated rings. The second-order valence-electron chi connectivity index (χ2n) is 6.02. The van der Waals surface area contributed by atoms with Gasteiger partial charge in [0.15, 0.2) is 4.34 Å². The van der Waals surface area contributed by atoms with Crippen LogP contribution in [-0.2, 0) is 4.74 Å². The van der Waals surface area contributed by atoms with Crippen LogP contribution in [0.2, 0.25) is 0 Å². The Morgan fingerprint density at radius 3 is 2.86 bits per heavy atom. The number of thioether (sulfide) groups is 1. The fraction of sp³-hybridized carbons (Fsp3) is 0.733. The number of hydrogen-bond acceptors (Lipinski definition) is 5. The predicted molar refractivity (Wildman–Crippen MR) is 84.5 cm³/mol. The Hall–Kier alpha value is -0.590. The van der Waals surface area contributed by atoms with Crippen LogP contribution < -0.4 is 0 Å². The van der Waals surface area contributed by atoms with Crippen LogP contribution in [-0.4, -0.2) is 33.5 Å². The molecule has 1 aromatic heterocycles. The molecule has 4 nitrogen and oxygen atoms in total. The summed E-state index contributed by atoms with van der Waals surface area (Å²) in [7, 11) is 0. The van der Waals surface area contributed by atoms with Crippen LogP contribution >= 0.6 is 23.1 Å². The van der Waals surface area contributed by atoms with Crippen molar-refractivity contribution < 1.29 is 14.6 Å². The summed E-state index contributed by atoms with van der Waals surface area (Å²) in [5.74, 6) is -0.868. The van der Waals surface area contributed by atoms with Gasteiger partial charge >= 0.3 is 5.97 Å².